The molecule has 0 unspecified atom stereocenters. The first-order valence-corrected chi connectivity index (χ1v) is 6.59. The Kier molecular flexibility index (Phi) is 4.51. The summed E-state index contributed by atoms with van der Waals surface area (Å²) in [5.74, 6) is 0. The lowest BCUT2D eigenvalue weighted by Crippen LogP contribution is -2.30. The Balaban J connectivity index is 1.82. The van der Waals surface area contributed by atoms with Gasteiger partial charge >= 0.3 is 6.03 Å². The van der Waals surface area contributed by atoms with Crippen LogP contribution >= 0.6 is 15.9 Å². The predicted molar refractivity (Wildman–Crippen MR) is 76.0 cm³/mol. The Hall–Kier alpha value is -1.89. The second-order valence-electron chi connectivity index (χ2n) is 4.02. The van der Waals surface area contributed by atoms with Crippen LogP contribution in [-0.2, 0) is 6.42 Å². The van der Waals surface area contributed by atoms with Crippen molar-refractivity contribution < 1.29 is 4.79 Å². The second-order valence-corrected chi connectivity index (χ2v) is 4.94. The zero-order valence-electron chi connectivity index (χ0n) is 10.4. The molecule has 2 aromatic rings. The Morgan fingerprint density at radius 3 is 3.05 bits per heavy atom. The summed E-state index contributed by atoms with van der Waals surface area (Å²) in [4.78, 5) is 15.9. The number of H-pyrrole nitrogens is 1. The number of aromatic amines is 1. The summed E-state index contributed by atoms with van der Waals surface area (Å²) >= 11 is 3.32. The van der Waals surface area contributed by atoms with Crippen molar-refractivity contribution in [3.8, 4) is 0 Å². The first kappa shape index (κ1) is 13.5. The standard InChI is InChI=1S/C12H14BrN5O/c1-8-11(4-10(13)7-15-8)18-12(19)14-3-2-9-5-16-17-6-9/h4-7H,2-3H2,1H3,(H,16,17)(H2,14,18,19). The molecular formula is C12H14BrN5O. The van der Waals surface area contributed by atoms with Crippen LogP contribution in [0.3, 0.4) is 0 Å². The van der Waals surface area contributed by atoms with Crippen molar-refractivity contribution >= 4 is 27.6 Å². The fourth-order valence-electron chi connectivity index (χ4n) is 1.54. The van der Waals surface area contributed by atoms with Gasteiger partial charge in [0.05, 0.1) is 17.6 Å². The summed E-state index contributed by atoms with van der Waals surface area (Å²) in [6, 6.07) is 1.57. The van der Waals surface area contributed by atoms with Crippen molar-refractivity contribution in [2.45, 2.75) is 13.3 Å². The minimum Gasteiger partial charge on any atom is -0.338 e. The highest BCUT2D eigenvalue weighted by molar-refractivity contribution is 9.10. The van der Waals surface area contributed by atoms with E-state index in [1.807, 2.05) is 19.2 Å². The monoisotopic (exact) mass is 323 g/mol. The summed E-state index contributed by atoms with van der Waals surface area (Å²) in [5, 5.41) is 12.1. The number of carbonyl (C=O) groups excluding carboxylic acids is 1. The highest BCUT2D eigenvalue weighted by Crippen LogP contribution is 2.17. The predicted octanol–water partition coefficient (Wildman–Crippen LogP) is 2.24. The number of aryl methyl sites for hydroxylation is 1. The van der Waals surface area contributed by atoms with Crippen LogP contribution in [0.25, 0.3) is 0 Å². The van der Waals surface area contributed by atoms with Gasteiger partial charge in [0.15, 0.2) is 0 Å². The van der Waals surface area contributed by atoms with Gasteiger partial charge in [-0.3, -0.25) is 10.1 Å². The van der Waals surface area contributed by atoms with Gasteiger partial charge in [-0.15, -0.1) is 0 Å². The van der Waals surface area contributed by atoms with Gasteiger partial charge in [-0.1, -0.05) is 0 Å². The molecule has 2 rings (SSSR count). The van der Waals surface area contributed by atoms with Crippen LogP contribution in [0.5, 0.6) is 0 Å². The van der Waals surface area contributed by atoms with Crippen molar-refractivity contribution in [3.05, 3.63) is 40.4 Å². The Morgan fingerprint density at radius 1 is 1.47 bits per heavy atom. The molecule has 0 spiro atoms. The molecule has 0 aliphatic carbocycles. The molecule has 0 radical (unpaired) electrons. The molecule has 7 heteroatoms. The lowest BCUT2D eigenvalue weighted by molar-refractivity contribution is 0.252. The van der Waals surface area contributed by atoms with Crippen LogP contribution in [0, 0.1) is 6.92 Å². The minimum absolute atomic E-state index is 0.244. The van der Waals surface area contributed by atoms with Crippen LogP contribution in [0.1, 0.15) is 11.3 Å². The third-order valence-electron chi connectivity index (χ3n) is 2.56. The first-order valence-electron chi connectivity index (χ1n) is 5.80. The van der Waals surface area contributed by atoms with Gasteiger partial charge < -0.3 is 10.6 Å². The van der Waals surface area contributed by atoms with Gasteiger partial charge in [-0.05, 0) is 40.9 Å². The third-order valence-corrected chi connectivity index (χ3v) is 2.99. The molecule has 6 nitrogen and oxygen atoms in total. The largest absolute Gasteiger partial charge is 0.338 e. The molecule has 2 heterocycles. The van der Waals surface area contributed by atoms with Crippen LogP contribution in [-0.4, -0.2) is 27.8 Å². The molecule has 0 saturated carbocycles. The zero-order valence-corrected chi connectivity index (χ0v) is 12.0. The Bertz CT molecular complexity index is 555. The van der Waals surface area contributed by atoms with Crippen molar-refractivity contribution in [2.24, 2.45) is 0 Å². The van der Waals surface area contributed by atoms with E-state index in [2.05, 4.69) is 41.7 Å². The van der Waals surface area contributed by atoms with Gasteiger partial charge in [0.2, 0.25) is 0 Å². The molecule has 19 heavy (non-hydrogen) atoms. The van der Waals surface area contributed by atoms with Gasteiger partial charge in [0.1, 0.15) is 0 Å². The Labute approximate surface area is 119 Å². The summed E-state index contributed by atoms with van der Waals surface area (Å²) in [6.45, 7) is 2.39. The van der Waals surface area contributed by atoms with E-state index in [1.165, 1.54) is 0 Å². The number of halogens is 1. The highest BCUT2D eigenvalue weighted by atomic mass is 79.9. The van der Waals surface area contributed by atoms with E-state index in [-0.39, 0.29) is 6.03 Å². The quantitative estimate of drug-likeness (QED) is 0.806. The number of anilines is 1. The molecule has 2 amide bonds. The number of carbonyl (C=O) groups is 1. The first-order chi connectivity index (χ1) is 9.15. The maximum absolute atomic E-state index is 11.7. The van der Waals surface area contributed by atoms with E-state index >= 15 is 0 Å². The number of rotatable bonds is 4. The molecule has 0 aromatic carbocycles. The van der Waals surface area contributed by atoms with Gasteiger partial charge in [0.25, 0.3) is 0 Å². The van der Waals surface area contributed by atoms with Gasteiger partial charge in [-0.2, -0.15) is 5.10 Å². The maximum atomic E-state index is 11.7. The molecule has 0 saturated heterocycles. The lowest BCUT2D eigenvalue weighted by Gasteiger charge is -2.09. The van der Waals surface area contributed by atoms with Crippen molar-refractivity contribution in [2.75, 3.05) is 11.9 Å². The SMILES string of the molecule is Cc1ncc(Br)cc1NC(=O)NCCc1cn[nH]c1. The van der Waals surface area contributed by atoms with Crippen LogP contribution in [0.4, 0.5) is 10.5 Å². The fourth-order valence-corrected chi connectivity index (χ4v) is 1.87. The smallest absolute Gasteiger partial charge is 0.319 e. The van der Waals surface area contributed by atoms with Crippen LogP contribution < -0.4 is 10.6 Å². The summed E-state index contributed by atoms with van der Waals surface area (Å²) in [5.41, 5.74) is 2.52. The number of urea groups is 1. The topological polar surface area (TPSA) is 82.7 Å². The fraction of sp³-hybridized carbons (Fsp3) is 0.250. The van der Waals surface area contributed by atoms with E-state index in [0.717, 1.165) is 22.2 Å². The van der Waals surface area contributed by atoms with E-state index in [4.69, 9.17) is 0 Å². The molecule has 2 aromatic heterocycles. The molecule has 0 bridgehead atoms. The van der Waals surface area contributed by atoms with E-state index in [0.29, 0.717) is 12.2 Å². The average molecular weight is 324 g/mol. The van der Waals surface area contributed by atoms with E-state index < -0.39 is 0 Å². The lowest BCUT2D eigenvalue weighted by atomic mass is 10.2. The molecule has 3 N–H and O–H groups in total. The zero-order chi connectivity index (χ0) is 13.7. The van der Waals surface area contributed by atoms with Crippen molar-refractivity contribution in [1.82, 2.24) is 20.5 Å². The van der Waals surface area contributed by atoms with Crippen LogP contribution in [0.2, 0.25) is 0 Å². The second kappa shape index (κ2) is 6.33. The van der Waals surface area contributed by atoms with Crippen molar-refractivity contribution in [3.63, 3.8) is 0 Å². The van der Waals surface area contributed by atoms with Crippen molar-refractivity contribution in [1.29, 1.82) is 0 Å². The van der Waals surface area contributed by atoms with E-state index in [9.17, 15) is 4.79 Å². The number of pyridine rings is 1. The number of aromatic nitrogens is 3. The minimum atomic E-state index is -0.244. The third kappa shape index (κ3) is 4.06. The van der Waals surface area contributed by atoms with E-state index in [1.54, 1.807) is 12.4 Å². The maximum Gasteiger partial charge on any atom is 0.319 e. The molecule has 0 aliphatic heterocycles. The van der Waals surface area contributed by atoms with Gasteiger partial charge in [0, 0.05) is 23.4 Å². The molecule has 0 atom stereocenters. The van der Waals surface area contributed by atoms with Gasteiger partial charge in [-0.25, -0.2) is 4.79 Å². The highest BCUT2D eigenvalue weighted by Gasteiger charge is 2.05. The summed E-state index contributed by atoms with van der Waals surface area (Å²) in [6.07, 6.45) is 5.97. The molecule has 100 valence electrons. The molecule has 0 aliphatic rings. The summed E-state index contributed by atoms with van der Waals surface area (Å²) < 4.78 is 0.826. The normalized spacial score (nSPS) is 10.2. The number of amides is 2. The molecule has 0 fully saturated rings. The number of nitrogens with one attached hydrogen (secondary N) is 3. The molecular weight excluding hydrogens is 310 g/mol. The van der Waals surface area contributed by atoms with Crippen LogP contribution in [0.15, 0.2) is 29.1 Å². The Morgan fingerprint density at radius 2 is 2.32 bits per heavy atom. The number of hydrogen-bond acceptors (Lipinski definition) is 3. The summed E-state index contributed by atoms with van der Waals surface area (Å²) in [7, 11) is 0. The number of nitrogens with zero attached hydrogens (tertiary/aromatic N) is 2. The average Bonchev–Trinajstić information content (AvgIpc) is 2.87. The number of hydrogen-bond donors (Lipinski definition) is 3.